The van der Waals surface area contributed by atoms with Crippen molar-refractivity contribution in [3.05, 3.63) is 70.8 Å². The molecule has 6 rings (SSSR count). The first-order valence-corrected chi connectivity index (χ1v) is 20.4. The minimum absolute atomic E-state index is 0. The first-order chi connectivity index (χ1) is 24.7. The third-order valence-electron chi connectivity index (χ3n) is 12.0. The fourth-order valence-electron chi connectivity index (χ4n) is 8.11. The number of benzene rings is 2. The molecule has 2 atom stereocenters. The zero-order chi connectivity index (χ0) is 38.3. The van der Waals surface area contributed by atoms with Gasteiger partial charge in [0.2, 0.25) is 0 Å². The minimum atomic E-state index is -0.245. The molecule has 4 aliphatic rings. The summed E-state index contributed by atoms with van der Waals surface area (Å²) in [5.74, 6) is 2.61. The molecule has 2 aliphatic carbocycles. The van der Waals surface area contributed by atoms with Crippen molar-refractivity contribution in [3.8, 4) is 0 Å². The van der Waals surface area contributed by atoms with E-state index >= 15 is 0 Å². The largest absolute Gasteiger partial charge is 0.469 e. The van der Waals surface area contributed by atoms with Gasteiger partial charge in [0, 0.05) is 89.3 Å². The Morgan fingerprint density at radius 2 is 1.15 bits per heavy atom. The van der Waals surface area contributed by atoms with Crippen molar-refractivity contribution in [3.63, 3.8) is 0 Å². The summed E-state index contributed by atoms with van der Waals surface area (Å²) in [7, 11) is 7.50. The summed E-state index contributed by atoms with van der Waals surface area (Å²) in [6.45, 7) is 17.0. The Morgan fingerprint density at radius 1 is 0.727 bits per heavy atom. The standard InChI is InChI=1S/C20H30B.C20H28B.2C3H6O2.CH4.2Ar/c2*1-15(9-10-16-7-5-4-6-8-16)17-11-12-19-18(13-17)20(2,3)14-21-19;2*1-3(4)5-2;;;/h11-13,15-16H,4-10,14H2,1-3H3;9-13,15-16H,4-8,14H2,1-3H3;2*1-2H3;1H4;;/b;10-9+;;;;;. The quantitative estimate of drug-likeness (QED) is 0.159. The van der Waals surface area contributed by atoms with Crippen molar-refractivity contribution < 1.29 is 94.5 Å². The molecule has 0 saturated heterocycles. The van der Waals surface area contributed by atoms with Crippen LogP contribution in [0.3, 0.4) is 0 Å². The molecular formula is C47H74Ar2B2O4. The zero-order valence-corrected chi connectivity index (χ0v) is 36.7. The fourth-order valence-corrected chi connectivity index (χ4v) is 8.11. The molecule has 0 amide bonds. The number of allylic oxidation sites excluding steroid dienone is 2. The number of rotatable bonds is 7. The van der Waals surface area contributed by atoms with Crippen LogP contribution in [-0.2, 0) is 29.9 Å². The van der Waals surface area contributed by atoms with Gasteiger partial charge in [-0.3, -0.25) is 9.59 Å². The second-order valence-electron chi connectivity index (χ2n) is 17.2. The molecule has 2 heterocycles. The Balaban J connectivity index is 0.000000817. The van der Waals surface area contributed by atoms with E-state index in [9.17, 15) is 9.59 Å². The van der Waals surface area contributed by atoms with Crippen LogP contribution in [0.1, 0.15) is 174 Å². The van der Waals surface area contributed by atoms with Gasteiger partial charge in [-0.1, -0.05) is 172 Å². The first-order valence-electron chi connectivity index (χ1n) is 20.4. The van der Waals surface area contributed by atoms with Gasteiger partial charge in [0.15, 0.2) is 14.6 Å². The van der Waals surface area contributed by atoms with E-state index in [1.807, 2.05) is 0 Å². The average Bonchev–Trinajstić information content (AvgIpc) is 3.63. The summed E-state index contributed by atoms with van der Waals surface area (Å²) in [5, 5.41) is 0. The Kier molecular flexibility index (Phi) is 27.4. The molecule has 0 spiro atoms. The summed E-state index contributed by atoms with van der Waals surface area (Å²) in [5.41, 5.74) is 9.74. The van der Waals surface area contributed by atoms with E-state index in [0.29, 0.717) is 22.7 Å². The molecule has 308 valence electrons. The van der Waals surface area contributed by atoms with Crippen LogP contribution in [0.4, 0.5) is 0 Å². The summed E-state index contributed by atoms with van der Waals surface area (Å²) >= 11 is 0. The smallest absolute Gasteiger partial charge is 0.302 e. The first kappa shape index (κ1) is 54.8. The van der Waals surface area contributed by atoms with E-state index in [-0.39, 0.29) is 94.8 Å². The molecular weight excluding hydrogens is 730 g/mol. The van der Waals surface area contributed by atoms with Gasteiger partial charge in [0.1, 0.15) is 0 Å². The van der Waals surface area contributed by atoms with E-state index in [1.165, 1.54) is 140 Å². The number of carbonyl (C=O) groups excluding carboxylic acids is 2. The fraction of sp³-hybridized carbons (Fsp3) is 0.660. The number of ether oxygens (including phenoxy) is 2. The van der Waals surface area contributed by atoms with Gasteiger partial charge in [-0.05, 0) is 82.4 Å². The molecule has 2 fully saturated rings. The van der Waals surface area contributed by atoms with Crippen molar-refractivity contribution in [2.75, 3.05) is 14.2 Å². The maximum absolute atomic E-state index is 9.59. The van der Waals surface area contributed by atoms with Gasteiger partial charge in [-0.15, -0.1) is 0 Å². The third-order valence-corrected chi connectivity index (χ3v) is 12.0. The van der Waals surface area contributed by atoms with Gasteiger partial charge in [0.05, 0.1) is 14.2 Å². The Bertz CT molecular complexity index is 1430. The van der Waals surface area contributed by atoms with E-state index in [0.717, 1.165) is 11.8 Å². The predicted molar refractivity (Wildman–Crippen MR) is 230 cm³/mol. The maximum atomic E-state index is 9.59. The predicted octanol–water partition coefficient (Wildman–Crippen LogP) is 11.1. The summed E-state index contributed by atoms with van der Waals surface area (Å²) < 4.78 is 8.22. The second kappa shape index (κ2) is 27.5. The van der Waals surface area contributed by atoms with Crippen LogP contribution in [0, 0.1) is 87.3 Å². The number of fused-ring (bicyclic) bond motifs is 2. The van der Waals surface area contributed by atoms with Crippen molar-refractivity contribution in [1.82, 2.24) is 0 Å². The van der Waals surface area contributed by atoms with Crippen LogP contribution in [0.2, 0.25) is 12.6 Å². The molecule has 8 heteroatoms. The molecule has 0 bridgehead atoms. The van der Waals surface area contributed by atoms with Gasteiger partial charge in [-0.25, -0.2) is 0 Å². The van der Waals surface area contributed by atoms with E-state index < -0.39 is 0 Å². The van der Waals surface area contributed by atoms with Gasteiger partial charge < -0.3 is 9.47 Å². The third kappa shape index (κ3) is 18.7. The second-order valence-corrected chi connectivity index (χ2v) is 17.2. The van der Waals surface area contributed by atoms with Crippen molar-refractivity contribution in [1.29, 1.82) is 0 Å². The SMILES string of the molecule is C.CC(/C=C/C1CCCCC1)c1ccc2c(c1)C(C)(C)C[B]2.CC(CCC1CCCCC1)c1ccc2c(c1)C(C)(C)C[B]2.COC(C)=O.COC(C)=O.[Ar].[Ar]. The monoisotopic (exact) mass is 805 g/mol. The van der Waals surface area contributed by atoms with Gasteiger partial charge in [0.25, 0.3) is 0 Å². The average molecular weight is 805 g/mol. The van der Waals surface area contributed by atoms with Crippen molar-refractivity contribution in [2.24, 2.45) is 11.8 Å². The number of esters is 2. The van der Waals surface area contributed by atoms with Crippen LogP contribution in [-0.4, -0.2) is 40.7 Å². The van der Waals surface area contributed by atoms with Crippen molar-refractivity contribution in [2.45, 2.75) is 175 Å². The normalized spacial score (nSPS) is 18.7. The summed E-state index contributed by atoms with van der Waals surface area (Å²) in [6.07, 6.45) is 24.6. The molecule has 2 saturated carbocycles. The van der Waals surface area contributed by atoms with Crippen molar-refractivity contribution >= 4 is 37.4 Å². The van der Waals surface area contributed by atoms with Crippen LogP contribution < -0.4 is 10.9 Å². The number of methoxy groups -OCH3 is 2. The number of carbonyl (C=O) groups is 2. The number of hydrogen-bond donors (Lipinski definition) is 0. The number of hydrogen-bond acceptors (Lipinski definition) is 4. The molecule has 2 radical (unpaired) electrons. The molecule has 2 unspecified atom stereocenters. The molecule has 4 nitrogen and oxygen atoms in total. The molecule has 2 aromatic rings. The topological polar surface area (TPSA) is 52.6 Å². The van der Waals surface area contributed by atoms with Crippen LogP contribution in [0.25, 0.3) is 0 Å². The Labute approximate surface area is 399 Å². The van der Waals surface area contributed by atoms with E-state index in [4.69, 9.17) is 0 Å². The Hall–Kier alpha value is -0.231. The Morgan fingerprint density at radius 3 is 1.60 bits per heavy atom. The zero-order valence-electron chi connectivity index (χ0n) is 35.3. The van der Waals surface area contributed by atoms with E-state index in [1.54, 1.807) is 11.1 Å². The summed E-state index contributed by atoms with van der Waals surface area (Å²) in [6, 6.07) is 14.3. The minimum Gasteiger partial charge on any atom is -0.469 e. The molecule has 0 N–H and O–H groups in total. The van der Waals surface area contributed by atoms with E-state index in [2.05, 4.69) is 114 Å². The maximum Gasteiger partial charge on any atom is 0.302 e. The van der Waals surface area contributed by atoms with Crippen LogP contribution >= 0.6 is 0 Å². The van der Waals surface area contributed by atoms with Crippen LogP contribution in [0.5, 0.6) is 0 Å². The summed E-state index contributed by atoms with van der Waals surface area (Å²) in [4.78, 5) is 19.2. The molecule has 2 aliphatic heterocycles. The van der Waals surface area contributed by atoms with Gasteiger partial charge in [-0.2, -0.15) is 0 Å². The van der Waals surface area contributed by atoms with Crippen LogP contribution in [0.15, 0.2) is 48.6 Å². The van der Waals surface area contributed by atoms with Gasteiger partial charge >= 0.3 is 11.9 Å². The molecule has 2 aromatic carbocycles. The molecule has 0 aromatic heterocycles. The molecule has 55 heavy (non-hydrogen) atoms.